The minimum Gasteiger partial charge on any atom is -0.381 e. The lowest BCUT2D eigenvalue weighted by Crippen LogP contribution is -2.45. The fourth-order valence-electron chi connectivity index (χ4n) is 3.88. The summed E-state index contributed by atoms with van der Waals surface area (Å²) >= 11 is 0. The zero-order valence-electron chi connectivity index (χ0n) is 15.0. The second kappa shape index (κ2) is 8.12. The molecule has 1 amide bonds. The van der Waals surface area contributed by atoms with Gasteiger partial charge in [-0.05, 0) is 64.7 Å². The van der Waals surface area contributed by atoms with E-state index in [4.69, 9.17) is 4.74 Å². The van der Waals surface area contributed by atoms with Crippen molar-refractivity contribution in [3.05, 3.63) is 17.5 Å². The molecule has 2 fully saturated rings. The number of hydrogen-bond acceptors (Lipinski definition) is 4. The molecule has 0 atom stereocenters. The Kier molecular flexibility index (Phi) is 5.89. The van der Waals surface area contributed by atoms with Gasteiger partial charge in [-0.2, -0.15) is 5.10 Å². The van der Waals surface area contributed by atoms with Gasteiger partial charge >= 0.3 is 0 Å². The Balaban J connectivity index is 1.66. The van der Waals surface area contributed by atoms with Crippen molar-refractivity contribution in [2.45, 2.75) is 45.1 Å². The normalized spacial score (nSPS) is 19.8. The molecule has 24 heavy (non-hydrogen) atoms. The average Bonchev–Trinajstić information content (AvgIpc) is 3.21. The van der Waals surface area contributed by atoms with Crippen LogP contribution in [-0.4, -0.2) is 70.9 Å². The molecule has 1 aromatic heterocycles. The third-order valence-corrected chi connectivity index (χ3v) is 5.19. The summed E-state index contributed by atoms with van der Waals surface area (Å²) in [7, 11) is 1.85. The fraction of sp³-hybridized carbons (Fsp3) is 0.778. The van der Waals surface area contributed by atoms with Crippen LogP contribution in [0.2, 0.25) is 0 Å². The number of carbonyl (C=O) groups excluding carboxylic acids is 1. The maximum atomic E-state index is 13.1. The van der Waals surface area contributed by atoms with Gasteiger partial charge in [0.15, 0.2) is 0 Å². The smallest absolute Gasteiger partial charge is 0.272 e. The molecule has 0 bridgehead atoms. The lowest BCUT2D eigenvalue weighted by Gasteiger charge is -2.34. The Bertz CT molecular complexity index is 545. The first-order valence-electron chi connectivity index (χ1n) is 9.27. The number of likely N-dealkylation sites (tertiary alicyclic amines) is 1. The van der Waals surface area contributed by atoms with Gasteiger partial charge in [-0.25, -0.2) is 0 Å². The number of rotatable bonds is 6. The van der Waals surface area contributed by atoms with Gasteiger partial charge in [0.2, 0.25) is 0 Å². The highest BCUT2D eigenvalue weighted by Crippen LogP contribution is 2.19. The van der Waals surface area contributed by atoms with Gasteiger partial charge in [0.05, 0.1) is 5.69 Å². The van der Waals surface area contributed by atoms with E-state index in [-0.39, 0.29) is 5.91 Å². The summed E-state index contributed by atoms with van der Waals surface area (Å²) in [6.45, 7) is 7.79. The Morgan fingerprint density at radius 3 is 2.67 bits per heavy atom. The van der Waals surface area contributed by atoms with Crippen LogP contribution in [0.1, 0.15) is 48.3 Å². The monoisotopic (exact) mass is 334 g/mol. The molecular formula is C18H30N4O2. The van der Waals surface area contributed by atoms with E-state index < -0.39 is 0 Å². The maximum absolute atomic E-state index is 13.1. The second-order valence-corrected chi connectivity index (χ2v) is 7.04. The Labute approximate surface area is 144 Å². The third kappa shape index (κ3) is 4.16. The average molecular weight is 334 g/mol. The van der Waals surface area contributed by atoms with Gasteiger partial charge < -0.3 is 14.5 Å². The number of aromatic nitrogens is 2. The Morgan fingerprint density at radius 1 is 1.33 bits per heavy atom. The minimum absolute atomic E-state index is 0.117. The van der Waals surface area contributed by atoms with Crippen LogP contribution in [0.25, 0.3) is 0 Å². The predicted octanol–water partition coefficient (Wildman–Crippen LogP) is 1.84. The van der Waals surface area contributed by atoms with Crippen LogP contribution in [0.4, 0.5) is 0 Å². The molecule has 0 radical (unpaired) electrons. The van der Waals surface area contributed by atoms with E-state index in [1.165, 1.54) is 25.9 Å². The molecular weight excluding hydrogens is 304 g/mol. The SMILES string of the molecule is Cc1cc(C(=O)N(CCCN2CCCC2)C2CCOCC2)n(C)n1. The van der Waals surface area contributed by atoms with Crippen molar-refractivity contribution in [3.8, 4) is 0 Å². The van der Waals surface area contributed by atoms with Gasteiger partial charge in [0, 0.05) is 32.8 Å². The van der Waals surface area contributed by atoms with Crippen LogP contribution in [0.15, 0.2) is 6.07 Å². The summed E-state index contributed by atoms with van der Waals surface area (Å²) < 4.78 is 7.20. The number of aryl methyl sites for hydroxylation is 2. The van der Waals surface area contributed by atoms with Crippen molar-refractivity contribution >= 4 is 5.91 Å². The van der Waals surface area contributed by atoms with E-state index in [2.05, 4.69) is 14.9 Å². The maximum Gasteiger partial charge on any atom is 0.272 e. The first-order valence-corrected chi connectivity index (χ1v) is 9.27. The summed E-state index contributed by atoms with van der Waals surface area (Å²) in [5.41, 5.74) is 1.59. The molecule has 0 aromatic carbocycles. The van der Waals surface area contributed by atoms with Crippen LogP contribution >= 0.6 is 0 Å². The molecule has 2 saturated heterocycles. The van der Waals surface area contributed by atoms with Crippen LogP contribution in [-0.2, 0) is 11.8 Å². The number of carbonyl (C=O) groups is 1. The standard InChI is InChI=1S/C18H30N4O2/c1-15-14-17(20(2)19-15)18(23)22(16-6-12-24-13-7-16)11-5-10-21-8-3-4-9-21/h14,16H,3-13H2,1-2H3. The van der Waals surface area contributed by atoms with E-state index in [1.807, 2.05) is 20.0 Å². The molecule has 2 aliphatic rings. The number of nitrogens with zero attached hydrogens (tertiary/aromatic N) is 4. The van der Waals surface area contributed by atoms with Crippen LogP contribution in [0.3, 0.4) is 0 Å². The molecule has 0 spiro atoms. The number of ether oxygens (including phenoxy) is 1. The lowest BCUT2D eigenvalue weighted by molar-refractivity contribution is 0.0275. The van der Waals surface area contributed by atoms with Crippen molar-refractivity contribution in [2.24, 2.45) is 7.05 Å². The highest BCUT2D eigenvalue weighted by atomic mass is 16.5. The highest BCUT2D eigenvalue weighted by molar-refractivity contribution is 5.93. The zero-order chi connectivity index (χ0) is 16.9. The molecule has 6 heteroatoms. The molecule has 0 unspecified atom stereocenters. The fourth-order valence-corrected chi connectivity index (χ4v) is 3.88. The number of amides is 1. The van der Waals surface area contributed by atoms with Crippen LogP contribution < -0.4 is 0 Å². The molecule has 3 heterocycles. The first kappa shape index (κ1) is 17.4. The summed E-state index contributed by atoms with van der Waals surface area (Å²) in [5, 5.41) is 4.34. The zero-order valence-corrected chi connectivity index (χ0v) is 15.0. The molecule has 0 aliphatic carbocycles. The van der Waals surface area contributed by atoms with Crippen LogP contribution in [0.5, 0.6) is 0 Å². The van der Waals surface area contributed by atoms with Gasteiger partial charge in [-0.3, -0.25) is 9.48 Å². The van der Waals surface area contributed by atoms with E-state index in [0.717, 1.165) is 51.3 Å². The van der Waals surface area contributed by atoms with E-state index in [9.17, 15) is 4.79 Å². The van der Waals surface area contributed by atoms with Crippen molar-refractivity contribution in [1.82, 2.24) is 19.6 Å². The summed E-state index contributed by atoms with van der Waals surface area (Å²) in [6, 6.07) is 2.19. The van der Waals surface area contributed by atoms with E-state index in [0.29, 0.717) is 11.7 Å². The van der Waals surface area contributed by atoms with E-state index in [1.54, 1.807) is 4.68 Å². The van der Waals surface area contributed by atoms with E-state index >= 15 is 0 Å². The topological polar surface area (TPSA) is 50.6 Å². The molecule has 2 aliphatic heterocycles. The van der Waals surface area contributed by atoms with Gasteiger partial charge in [-0.1, -0.05) is 0 Å². The lowest BCUT2D eigenvalue weighted by atomic mass is 10.1. The largest absolute Gasteiger partial charge is 0.381 e. The summed E-state index contributed by atoms with van der Waals surface area (Å²) in [4.78, 5) is 17.7. The second-order valence-electron chi connectivity index (χ2n) is 7.04. The first-order chi connectivity index (χ1) is 11.6. The van der Waals surface area contributed by atoms with Gasteiger partial charge in [0.25, 0.3) is 5.91 Å². The minimum atomic E-state index is 0.117. The van der Waals surface area contributed by atoms with Crippen molar-refractivity contribution in [1.29, 1.82) is 0 Å². The third-order valence-electron chi connectivity index (χ3n) is 5.19. The molecule has 0 saturated carbocycles. The molecule has 0 N–H and O–H groups in total. The van der Waals surface area contributed by atoms with Gasteiger partial charge in [-0.15, -0.1) is 0 Å². The van der Waals surface area contributed by atoms with Crippen molar-refractivity contribution in [3.63, 3.8) is 0 Å². The summed E-state index contributed by atoms with van der Waals surface area (Å²) in [6.07, 6.45) is 5.55. The van der Waals surface area contributed by atoms with Crippen LogP contribution in [0, 0.1) is 6.92 Å². The predicted molar refractivity (Wildman–Crippen MR) is 93.1 cm³/mol. The Morgan fingerprint density at radius 2 is 2.04 bits per heavy atom. The van der Waals surface area contributed by atoms with Crippen molar-refractivity contribution < 1.29 is 9.53 Å². The number of hydrogen-bond donors (Lipinski definition) is 0. The Hall–Kier alpha value is -1.40. The molecule has 3 rings (SSSR count). The highest BCUT2D eigenvalue weighted by Gasteiger charge is 2.28. The quantitative estimate of drug-likeness (QED) is 0.796. The molecule has 6 nitrogen and oxygen atoms in total. The molecule has 134 valence electrons. The summed E-state index contributed by atoms with van der Waals surface area (Å²) in [5.74, 6) is 0.117. The molecule has 1 aromatic rings. The van der Waals surface area contributed by atoms with Gasteiger partial charge in [0.1, 0.15) is 5.69 Å². The van der Waals surface area contributed by atoms with Crippen molar-refractivity contribution in [2.75, 3.05) is 39.4 Å².